The number of phenolic OH excluding ortho intramolecular Hbond substituents is 2. The molecular formula is C16H19NO2. The molecule has 0 aliphatic heterocycles. The predicted octanol–water partition coefficient (Wildman–Crippen LogP) is 2.74. The maximum absolute atomic E-state index is 9.65. The number of phenols is 2. The van der Waals surface area contributed by atoms with Crippen molar-refractivity contribution in [2.75, 3.05) is 6.54 Å². The molecule has 2 rings (SSSR count). The van der Waals surface area contributed by atoms with Crippen LogP contribution in [0.3, 0.4) is 0 Å². The second kappa shape index (κ2) is 6.25. The highest BCUT2D eigenvalue weighted by Gasteiger charge is 2.02. The number of aryl methyl sites for hydroxylation is 1. The summed E-state index contributed by atoms with van der Waals surface area (Å²) < 4.78 is 0. The quantitative estimate of drug-likeness (QED) is 0.722. The van der Waals surface area contributed by atoms with Crippen molar-refractivity contribution >= 4 is 0 Å². The first-order valence-electron chi connectivity index (χ1n) is 6.43. The lowest BCUT2D eigenvalue weighted by molar-refractivity contribution is 0.444. The minimum absolute atomic E-state index is 0.0844. The fraction of sp³-hybridized carbons (Fsp3) is 0.250. The van der Waals surface area contributed by atoms with E-state index in [0.717, 1.165) is 18.5 Å². The zero-order valence-corrected chi connectivity index (χ0v) is 11.1. The van der Waals surface area contributed by atoms with Crippen LogP contribution in [0.4, 0.5) is 0 Å². The Bertz CT molecular complexity index is 552. The van der Waals surface area contributed by atoms with E-state index in [-0.39, 0.29) is 11.5 Å². The molecular weight excluding hydrogens is 238 g/mol. The van der Waals surface area contributed by atoms with Gasteiger partial charge in [-0.25, -0.2) is 0 Å². The van der Waals surface area contributed by atoms with Crippen LogP contribution >= 0.6 is 0 Å². The van der Waals surface area contributed by atoms with E-state index >= 15 is 0 Å². The van der Waals surface area contributed by atoms with Gasteiger partial charge in [-0.15, -0.1) is 0 Å². The molecule has 0 saturated heterocycles. The lowest BCUT2D eigenvalue weighted by atomic mass is 10.1. The highest BCUT2D eigenvalue weighted by molar-refractivity contribution is 5.38. The summed E-state index contributed by atoms with van der Waals surface area (Å²) in [6.07, 6.45) is 0.964. The molecule has 2 aromatic carbocycles. The number of aromatic hydroxyl groups is 2. The van der Waals surface area contributed by atoms with E-state index in [2.05, 4.69) is 24.4 Å². The lowest BCUT2D eigenvalue weighted by Gasteiger charge is -2.08. The molecule has 2 aromatic rings. The van der Waals surface area contributed by atoms with E-state index in [0.29, 0.717) is 6.54 Å². The van der Waals surface area contributed by atoms with Gasteiger partial charge in [-0.2, -0.15) is 0 Å². The Kier molecular flexibility index (Phi) is 4.42. The Hall–Kier alpha value is -2.00. The molecule has 0 aliphatic rings. The third-order valence-electron chi connectivity index (χ3n) is 3.22. The summed E-state index contributed by atoms with van der Waals surface area (Å²) in [6.45, 7) is 3.56. The molecule has 0 saturated carbocycles. The topological polar surface area (TPSA) is 52.5 Å². The van der Waals surface area contributed by atoms with Crippen LogP contribution in [0.15, 0.2) is 42.5 Å². The third-order valence-corrected chi connectivity index (χ3v) is 3.22. The molecule has 3 heteroatoms. The molecule has 100 valence electrons. The van der Waals surface area contributed by atoms with Crippen molar-refractivity contribution < 1.29 is 10.2 Å². The van der Waals surface area contributed by atoms with Crippen LogP contribution in [-0.4, -0.2) is 16.8 Å². The largest absolute Gasteiger partial charge is 0.508 e. The van der Waals surface area contributed by atoms with Crippen LogP contribution in [0.1, 0.15) is 16.7 Å². The zero-order valence-electron chi connectivity index (χ0n) is 11.1. The number of rotatable bonds is 5. The van der Waals surface area contributed by atoms with Crippen LogP contribution in [0.25, 0.3) is 0 Å². The minimum Gasteiger partial charge on any atom is -0.508 e. The molecule has 0 aromatic heterocycles. The summed E-state index contributed by atoms with van der Waals surface area (Å²) in [5, 5.41) is 22.2. The van der Waals surface area contributed by atoms with Crippen molar-refractivity contribution in [3.63, 3.8) is 0 Å². The maximum atomic E-state index is 9.65. The van der Waals surface area contributed by atoms with Gasteiger partial charge in [0, 0.05) is 18.2 Å². The molecule has 0 atom stereocenters. The first-order chi connectivity index (χ1) is 9.16. The second-order valence-corrected chi connectivity index (χ2v) is 4.67. The van der Waals surface area contributed by atoms with E-state index in [1.807, 2.05) is 12.1 Å². The van der Waals surface area contributed by atoms with E-state index in [1.165, 1.54) is 17.2 Å². The Labute approximate surface area is 113 Å². The van der Waals surface area contributed by atoms with E-state index in [4.69, 9.17) is 0 Å². The van der Waals surface area contributed by atoms with Gasteiger partial charge in [0.15, 0.2) is 0 Å². The molecule has 3 N–H and O–H groups in total. The molecule has 0 aliphatic carbocycles. The van der Waals surface area contributed by atoms with Gasteiger partial charge < -0.3 is 15.5 Å². The Balaban J connectivity index is 1.83. The van der Waals surface area contributed by atoms with Crippen LogP contribution in [-0.2, 0) is 13.0 Å². The van der Waals surface area contributed by atoms with Crippen molar-refractivity contribution in [3.8, 4) is 11.5 Å². The molecule has 19 heavy (non-hydrogen) atoms. The van der Waals surface area contributed by atoms with Crippen molar-refractivity contribution in [2.45, 2.75) is 19.9 Å². The highest BCUT2D eigenvalue weighted by Crippen LogP contribution is 2.22. The molecule has 3 nitrogen and oxygen atoms in total. The first kappa shape index (κ1) is 13.4. The number of hydrogen-bond acceptors (Lipinski definition) is 3. The highest BCUT2D eigenvalue weighted by atomic mass is 16.3. The first-order valence-corrected chi connectivity index (χ1v) is 6.43. The second-order valence-electron chi connectivity index (χ2n) is 4.67. The fourth-order valence-electron chi connectivity index (χ4n) is 2.04. The molecule has 0 fully saturated rings. The van der Waals surface area contributed by atoms with Crippen molar-refractivity contribution in [1.82, 2.24) is 5.32 Å². The third kappa shape index (κ3) is 3.73. The average Bonchev–Trinajstić information content (AvgIpc) is 2.38. The smallest absolute Gasteiger partial charge is 0.123 e. The molecule has 0 bridgehead atoms. The van der Waals surface area contributed by atoms with Crippen LogP contribution < -0.4 is 5.32 Å². The Morgan fingerprint density at radius 2 is 1.79 bits per heavy atom. The number of benzene rings is 2. The molecule has 0 unspecified atom stereocenters. The van der Waals surface area contributed by atoms with Gasteiger partial charge in [-0.3, -0.25) is 0 Å². The molecule has 0 spiro atoms. The van der Waals surface area contributed by atoms with Crippen molar-refractivity contribution in [2.24, 2.45) is 0 Å². The van der Waals surface area contributed by atoms with Gasteiger partial charge in [0.2, 0.25) is 0 Å². The van der Waals surface area contributed by atoms with E-state index < -0.39 is 0 Å². The van der Waals surface area contributed by atoms with Crippen LogP contribution in [0.2, 0.25) is 0 Å². The van der Waals surface area contributed by atoms with Crippen LogP contribution in [0.5, 0.6) is 11.5 Å². The zero-order chi connectivity index (χ0) is 13.7. The van der Waals surface area contributed by atoms with Crippen LogP contribution in [0, 0.1) is 6.92 Å². The maximum Gasteiger partial charge on any atom is 0.123 e. The van der Waals surface area contributed by atoms with E-state index in [1.54, 1.807) is 12.1 Å². The molecule has 0 amide bonds. The average molecular weight is 257 g/mol. The summed E-state index contributed by atoms with van der Waals surface area (Å²) in [7, 11) is 0. The summed E-state index contributed by atoms with van der Waals surface area (Å²) in [5.74, 6) is 0.213. The van der Waals surface area contributed by atoms with Crippen molar-refractivity contribution in [1.29, 1.82) is 0 Å². The monoisotopic (exact) mass is 257 g/mol. The van der Waals surface area contributed by atoms with Gasteiger partial charge in [0.25, 0.3) is 0 Å². The SMILES string of the molecule is Cc1ccccc1CCNCc1ccc(O)cc1O. The summed E-state index contributed by atoms with van der Waals surface area (Å²) in [5.41, 5.74) is 3.43. The van der Waals surface area contributed by atoms with Gasteiger partial charge in [-0.1, -0.05) is 30.3 Å². The van der Waals surface area contributed by atoms with Gasteiger partial charge in [0.1, 0.15) is 11.5 Å². The van der Waals surface area contributed by atoms with Gasteiger partial charge >= 0.3 is 0 Å². The molecule has 0 heterocycles. The predicted molar refractivity (Wildman–Crippen MR) is 76.4 cm³/mol. The summed E-state index contributed by atoms with van der Waals surface area (Å²) in [4.78, 5) is 0. The minimum atomic E-state index is 0.0844. The number of hydrogen-bond donors (Lipinski definition) is 3. The van der Waals surface area contributed by atoms with E-state index in [9.17, 15) is 10.2 Å². The lowest BCUT2D eigenvalue weighted by Crippen LogP contribution is -2.17. The Morgan fingerprint density at radius 1 is 1.00 bits per heavy atom. The molecule has 0 radical (unpaired) electrons. The van der Waals surface area contributed by atoms with Gasteiger partial charge in [-0.05, 0) is 37.1 Å². The number of nitrogens with one attached hydrogen (secondary N) is 1. The van der Waals surface area contributed by atoms with Gasteiger partial charge in [0.05, 0.1) is 0 Å². The summed E-state index contributed by atoms with van der Waals surface area (Å²) >= 11 is 0. The summed E-state index contributed by atoms with van der Waals surface area (Å²) in [6, 6.07) is 13.0. The fourth-order valence-corrected chi connectivity index (χ4v) is 2.04. The van der Waals surface area contributed by atoms with Crippen molar-refractivity contribution in [3.05, 3.63) is 59.2 Å². The normalized spacial score (nSPS) is 10.6. The standard InChI is InChI=1S/C16H19NO2/c1-12-4-2-3-5-13(12)8-9-17-11-14-6-7-15(18)10-16(14)19/h2-7,10,17-19H,8-9,11H2,1H3. The Morgan fingerprint density at radius 3 is 2.53 bits per heavy atom.